The molecule has 1 aromatic rings. The molecule has 1 N–H and O–H groups in total. The van der Waals surface area contributed by atoms with E-state index in [0.29, 0.717) is 18.5 Å². The Morgan fingerprint density at radius 1 is 1.40 bits per heavy atom. The van der Waals surface area contributed by atoms with Crippen LogP contribution in [0.1, 0.15) is 49.7 Å². The molecule has 0 unspecified atom stereocenters. The number of carboxylic acids is 1. The maximum Gasteiger partial charge on any atom is 0.326 e. The summed E-state index contributed by atoms with van der Waals surface area (Å²) in [5, 5.41) is 13.4. The molecular formula is C14H21N3O3. The summed E-state index contributed by atoms with van der Waals surface area (Å²) in [6.45, 7) is 8.37. The van der Waals surface area contributed by atoms with Gasteiger partial charge in [0.05, 0.1) is 17.3 Å². The maximum absolute atomic E-state index is 12.5. The van der Waals surface area contributed by atoms with E-state index in [4.69, 9.17) is 5.11 Å². The first kappa shape index (κ1) is 14.6. The Bertz CT molecular complexity index is 542. The Morgan fingerprint density at radius 3 is 2.55 bits per heavy atom. The molecule has 1 fully saturated rings. The average molecular weight is 279 g/mol. The molecule has 0 spiro atoms. The first-order chi connectivity index (χ1) is 9.23. The molecule has 1 aromatic heterocycles. The lowest BCUT2D eigenvalue weighted by Crippen LogP contribution is -2.40. The molecular weight excluding hydrogens is 258 g/mol. The third-order valence-electron chi connectivity index (χ3n) is 3.67. The SMILES string of the molecule is Cc1c(C(=O)N2CCC[C@@H]2C(=O)O)cnn1C(C)(C)C. The number of amides is 1. The van der Waals surface area contributed by atoms with E-state index < -0.39 is 12.0 Å². The number of carbonyl (C=O) groups excluding carboxylic acids is 1. The van der Waals surface area contributed by atoms with Crippen molar-refractivity contribution in [2.24, 2.45) is 0 Å². The minimum atomic E-state index is -0.934. The fraction of sp³-hybridized carbons (Fsp3) is 0.643. The van der Waals surface area contributed by atoms with Gasteiger partial charge in [0.25, 0.3) is 5.91 Å². The van der Waals surface area contributed by atoms with Crippen LogP contribution in [0.4, 0.5) is 0 Å². The highest BCUT2D eigenvalue weighted by Crippen LogP contribution is 2.24. The van der Waals surface area contributed by atoms with Gasteiger partial charge in [-0.15, -0.1) is 0 Å². The second-order valence-corrected chi connectivity index (χ2v) is 6.22. The summed E-state index contributed by atoms with van der Waals surface area (Å²) in [6.07, 6.45) is 2.79. The number of aliphatic carboxylic acids is 1. The second kappa shape index (κ2) is 4.92. The van der Waals surface area contributed by atoms with E-state index in [1.54, 1.807) is 10.9 Å². The van der Waals surface area contributed by atoms with E-state index in [0.717, 1.165) is 12.1 Å². The second-order valence-electron chi connectivity index (χ2n) is 6.22. The Balaban J connectivity index is 2.31. The first-order valence-corrected chi connectivity index (χ1v) is 6.82. The van der Waals surface area contributed by atoms with Gasteiger partial charge in [0.1, 0.15) is 6.04 Å². The lowest BCUT2D eigenvalue weighted by Gasteiger charge is -2.23. The Hall–Kier alpha value is -1.85. The van der Waals surface area contributed by atoms with Crippen molar-refractivity contribution >= 4 is 11.9 Å². The minimum Gasteiger partial charge on any atom is -0.480 e. The normalized spacial score (nSPS) is 19.4. The lowest BCUT2D eigenvalue weighted by molar-refractivity contribution is -0.141. The molecule has 110 valence electrons. The van der Waals surface area contributed by atoms with E-state index in [1.165, 1.54) is 4.90 Å². The molecule has 20 heavy (non-hydrogen) atoms. The number of aromatic nitrogens is 2. The van der Waals surface area contributed by atoms with Crippen LogP contribution in [-0.4, -0.2) is 44.3 Å². The fourth-order valence-corrected chi connectivity index (χ4v) is 2.72. The van der Waals surface area contributed by atoms with Crippen molar-refractivity contribution in [3.63, 3.8) is 0 Å². The smallest absolute Gasteiger partial charge is 0.326 e. The predicted molar refractivity (Wildman–Crippen MR) is 73.7 cm³/mol. The van der Waals surface area contributed by atoms with Gasteiger partial charge >= 0.3 is 5.97 Å². The summed E-state index contributed by atoms with van der Waals surface area (Å²) in [6, 6.07) is -0.708. The van der Waals surface area contributed by atoms with Gasteiger partial charge in [-0.2, -0.15) is 5.10 Å². The standard InChI is InChI=1S/C14H21N3O3/c1-9-10(8-15-17(9)14(2,3)4)12(18)16-7-5-6-11(16)13(19)20/h8,11H,5-7H2,1-4H3,(H,19,20)/t11-/m1/s1. The summed E-state index contributed by atoms with van der Waals surface area (Å²) < 4.78 is 1.80. The van der Waals surface area contributed by atoms with Gasteiger partial charge in [0.15, 0.2) is 0 Å². The van der Waals surface area contributed by atoms with E-state index in [-0.39, 0.29) is 11.4 Å². The highest BCUT2D eigenvalue weighted by molar-refractivity contribution is 5.97. The van der Waals surface area contributed by atoms with Crippen molar-refractivity contribution < 1.29 is 14.7 Å². The van der Waals surface area contributed by atoms with Gasteiger partial charge < -0.3 is 10.0 Å². The van der Waals surface area contributed by atoms with Crippen LogP contribution in [0.25, 0.3) is 0 Å². The van der Waals surface area contributed by atoms with Gasteiger partial charge in [-0.1, -0.05) is 0 Å². The van der Waals surface area contributed by atoms with Gasteiger partial charge in [0, 0.05) is 12.2 Å². The zero-order chi connectivity index (χ0) is 15.1. The van der Waals surface area contributed by atoms with Gasteiger partial charge in [-0.05, 0) is 40.5 Å². The molecule has 2 heterocycles. The van der Waals surface area contributed by atoms with E-state index >= 15 is 0 Å². The van der Waals surface area contributed by atoms with Crippen LogP contribution in [0.2, 0.25) is 0 Å². The number of carbonyl (C=O) groups is 2. The molecule has 6 heteroatoms. The van der Waals surface area contributed by atoms with Crippen LogP contribution in [0.5, 0.6) is 0 Å². The third-order valence-corrected chi connectivity index (χ3v) is 3.67. The number of nitrogens with zero attached hydrogens (tertiary/aromatic N) is 3. The van der Waals surface area contributed by atoms with E-state index in [9.17, 15) is 9.59 Å². The number of rotatable bonds is 2. The van der Waals surface area contributed by atoms with Gasteiger partial charge in [-0.25, -0.2) is 4.79 Å². The first-order valence-electron chi connectivity index (χ1n) is 6.82. The molecule has 0 aromatic carbocycles. The molecule has 0 bridgehead atoms. The Labute approximate surface area is 118 Å². The van der Waals surface area contributed by atoms with Crippen molar-refractivity contribution in [1.82, 2.24) is 14.7 Å². The molecule has 1 amide bonds. The topological polar surface area (TPSA) is 75.4 Å². The van der Waals surface area contributed by atoms with Crippen LogP contribution < -0.4 is 0 Å². The van der Waals surface area contributed by atoms with Crippen molar-refractivity contribution in [3.05, 3.63) is 17.5 Å². The molecule has 1 aliphatic rings. The Morgan fingerprint density at radius 2 is 2.05 bits per heavy atom. The van der Waals surface area contributed by atoms with Crippen LogP contribution >= 0.6 is 0 Å². The van der Waals surface area contributed by atoms with Crippen LogP contribution in [0.15, 0.2) is 6.20 Å². The van der Waals surface area contributed by atoms with E-state index in [1.807, 2.05) is 27.7 Å². The Kier molecular flexibility index (Phi) is 3.58. The number of hydrogen-bond acceptors (Lipinski definition) is 3. The maximum atomic E-state index is 12.5. The largest absolute Gasteiger partial charge is 0.480 e. The third kappa shape index (κ3) is 2.42. The number of carboxylic acid groups (broad SMARTS) is 1. The summed E-state index contributed by atoms with van der Waals surface area (Å²) in [5.41, 5.74) is 1.06. The zero-order valence-electron chi connectivity index (χ0n) is 12.4. The van der Waals surface area contributed by atoms with Gasteiger partial charge in [-0.3, -0.25) is 9.48 Å². The molecule has 1 saturated heterocycles. The quantitative estimate of drug-likeness (QED) is 0.893. The zero-order valence-corrected chi connectivity index (χ0v) is 12.4. The lowest BCUT2D eigenvalue weighted by atomic mass is 10.1. The van der Waals surface area contributed by atoms with Crippen LogP contribution in [0.3, 0.4) is 0 Å². The molecule has 6 nitrogen and oxygen atoms in total. The highest BCUT2D eigenvalue weighted by Gasteiger charge is 2.36. The van der Waals surface area contributed by atoms with Crippen molar-refractivity contribution in [1.29, 1.82) is 0 Å². The highest BCUT2D eigenvalue weighted by atomic mass is 16.4. The molecule has 1 atom stereocenters. The predicted octanol–water partition coefficient (Wildman–Crippen LogP) is 1.64. The minimum absolute atomic E-state index is 0.209. The summed E-state index contributed by atoms with van der Waals surface area (Å²) in [7, 11) is 0. The molecule has 1 aliphatic heterocycles. The molecule has 2 rings (SSSR count). The summed E-state index contributed by atoms with van der Waals surface area (Å²) in [4.78, 5) is 25.2. The fourth-order valence-electron chi connectivity index (χ4n) is 2.72. The monoisotopic (exact) mass is 279 g/mol. The molecule has 0 saturated carbocycles. The number of likely N-dealkylation sites (tertiary alicyclic amines) is 1. The summed E-state index contributed by atoms with van der Waals surface area (Å²) >= 11 is 0. The van der Waals surface area contributed by atoms with E-state index in [2.05, 4.69) is 5.10 Å². The van der Waals surface area contributed by atoms with Gasteiger partial charge in [0.2, 0.25) is 0 Å². The van der Waals surface area contributed by atoms with Crippen molar-refractivity contribution in [2.45, 2.75) is 52.1 Å². The number of hydrogen-bond donors (Lipinski definition) is 1. The van der Waals surface area contributed by atoms with Crippen LogP contribution in [0, 0.1) is 6.92 Å². The van der Waals surface area contributed by atoms with Crippen molar-refractivity contribution in [2.75, 3.05) is 6.54 Å². The summed E-state index contributed by atoms with van der Waals surface area (Å²) in [5.74, 6) is -1.17. The van der Waals surface area contributed by atoms with Crippen molar-refractivity contribution in [3.8, 4) is 0 Å². The van der Waals surface area contributed by atoms with Crippen LogP contribution in [-0.2, 0) is 10.3 Å². The molecule has 0 radical (unpaired) electrons. The average Bonchev–Trinajstić information content (AvgIpc) is 2.92. The molecule has 0 aliphatic carbocycles.